The van der Waals surface area contributed by atoms with Gasteiger partial charge in [-0.3, -0.25) is 0 Å². The zero-order valence-electron chi connectivity index (χ0n) is 9.23. The van der Waals surface area contributed by atoms with Gasteiger partial charge in [0.1, 0.15) is 6.04 Å². The third kappa shape index (κ3) is 3.44. The average Bonchev–Trinajstić information content (AvgIpc) is 2.25. The van der Waals surface area contributed by atoms with Crippen LogP contribution in [0.15, 0.2) is 12.2 Å². The first kappa shape index (κ1) is 12.9. The third-order valence-corrected chi connectivity index (χ3v) is 3.24. The topological polar surface area (TPSA) is 69.6 Å². The largest absolute Gasteiger partial charge is 0.480 e. The molecule has 1 unspecified atom stereocenters. The van der Waals surface area contributed by atoms with Gasteiger partial charge in [-0.05, 0) is 6.92 Å². The fraction of sp³-hybridized carbons (Fsp3) is 0.600. The number of nitrogens with zero attached hydrogens (tertiary/aromatic N) is 1. The summed E-state index contributed by atoms with van der Waals surface area (Å²) < 4.78 is 0. The summed E-state index contributed by atoms with van der Waals surface area (Å²) in [5.74, 6) is 0.290. The van der Waals surface area contributed by atoms with Crippen molar-refractivity contribution in [3.05, 3.63) is 12.2 Å². The van der Waals surface area contributed by atoms with E-state index < -0.39 is 12.0 Å². The van der Waals surface area contributed by atoms with Gasteiger partial charge in [0, 0.05) is 24.6 Å². The van der Waals surface area contributed by atoms with Gasteiger partial charge in [-0.2, -0.15) is 11.8 Å². The molecule has 6 heteroatoms. The maximum Gasteiger partial charge on any atom is 0.327 e. The molecule has 0 aromatic heterocycles. The maximum absolute atomic E-state index is 11.7. The molecule has 0 aromatic carbocycles. The Morgan fingerprint density at radius 3 is 2.88 bits per heavy atom. The van der Waals surface area contributed by atoms with Crippen molar-refractivity contribution in [1.82, 2.24) is 10.2 Å². The van der Waals surface area contributed by atoms with E-state index in [4.69, 9.17) is 5.11 Å². The predicted octanol–water partition coefficient (Wildman–Crippen LogP) is 0.774. The summed E-state index contributed by atoms with van der Waals surface area (Å²) in [6, 6.07) is -1.04. The molecule has 1 fully saturated rings. The van der Waals surface area contributed by atoms with Crippen LogP contribution in [0.5, 0.6) is 0 Å². The van der Waals surface area contributed by atoms with Gasteiger partial charge in [0.2, 0.25) is 0 Å². The highest BCUT2D eigenvalue weighted by molar-refractivity contribution is 7.99. The van der Waals surface area contributed by atoms with Gasteiger partial charge >= 0.3 is 12.0 Å². The zero-order valence-corrected chi connectivity index (χ0v) is 10.0. The number of urea groups is 1. The van der Waals surface area contributed by atoms with Crippen LogP contribution in [0.4, 0.5) is 4.79 Å². The minimum absolute atomic E-state index is 0.323. The highest BCUT2D eigenvalue weighted by Gasteiger charge is 2.32. The van der Waals surface area contributed by atoms with Gasteiger partial charge in [0.05, 0.1) is 0 Å². The number of nitrogens with one attached hydrogen (secondary N) is 1. The second-order valence-electron chi connectivity index (χ2n) is 3.74. The zero-order chi connectivity index (χ0) is 12.1. The number of amides is 2. The van der Waals surface area contributed by atoms with E-state index in [0.29, 0.717) is 18.8 Å². The van der Waals surface area contributed by atoms with Crippen LogP contribution >= 0.6 is 11.8 Å². The summed E-state index contributed by atoms with van der Waals surface area (Å²) in [7, 11) is 0. The Bertz CT molecular complexity index is 306. The standard InChI is InChI=1S/C10H16N2O3S/c1-7(2)5-11-10(15)12-3-4-16-6-8(12)9(13)14/h8H,1,3-6H2,2H3,(H,11,15)(H,13,14). The molecule has 90 valence electrons. The highest BCUT2D eigenvalue weighted by Crippen LogP contribution is 2.16. The van der Waals surface area contributed by atoms with E-state index in [1.807, 2.05) is 0 Å². The molecule has 2 N–H and O–H groups in total. The monoisotopic (exact) mass is 244 g/mol. The molecule has 0 radical (unpaired) electrons. The molecule has 1 rings (SSSR count). The number of hydrogen-bond acceptors (Lipinski definition) is 3. The Labute approximate surface area is 98.9 Å². The highest BCUT2D eigenvalue weighted by atomic mass is 32.2. The van der Waals surface area contributed by atoms with E-state index in [1.54, 1.807) is 18.7 Å². The molecule has 1 aliphatic rings. The number of aliphatic carboxylic acids is 1. The fourth-order valence-electron chi connectivity index (χ4n) is 1.38. The SMILES string of the molecule is C=C(C)CNC(=O)N1CCSCC1C(=O)O. The van der Waals surface area contributed by atoms with E-state index in [1.165, 1.54) is 4.90 Å². The predicted molar refractivity (Wildman–Crippen MR) is 63.7 cm³/mol. The van der Waals surface area contributed by atoms with E-state index in [-0.39, 0.29) is 6.03 Å². The Morgan fingerprint density at radius 2 is 2.31 bits per heavy atom. The minimum Gasteiger partial charge on any atom is -0.480 e. The summed E-state index contributed by atoms with van der Waals surface area (Å²) in [5.41, 5.74) is 0.839. The van der Waals surface area contributed by atoms with Crippen LogP contribution in [0.1, 0.15) is 6.92 Å². The molecule has 0 spiro atoms. The molecular formula is C10H16N2O3S. The molecule has 0 bridgehead atoms. The molecule has 1 heterocycles. The van der Waals surface area contributed by atoms with E-state index in [0.717, 1.165) is 11.3 Å². The smallest absolute Gasteiger partial charge is 0.327 e. The number of thioether (sulfide) groups is 1. The number of carbonyl (C=O) groups excluding carboxylic acids is 1. The molecule has 0 aromatic rings. The first-order valence-electron chi connectivity index (χ1n) is 5.01. The number of carbonyl (C=O) groups is 2. The van der Waals surface area contributed by atoms with Crippen LogP contribution in [0.2, 0.25) is 0 Å². The molecule has 16 heavy (non-hydrogen) atoms. The lowest BCUT2D eigenvalue weighted by molar-refractivity contribution is -0.141. The van der Waals surface area contributed by atoms with Crippen molar-refractivity contribution in [2.45, 2.75) is 13.0 Å². The maximum atomic E-state index is 11.7. The molecule has 1 aliphatic heterocycles. The van der Waals surface area contributed by atoms with Gasteiger partial charge in [-0.1, -0.05) is 12.2 Å². The summed E-state index contributed by atoms with van der Waals surface area (Å²) in [5, 5.41) is 11.6. The van der Waals surface area contributed by atoms with Gasteiger partial charge in [-0.25, -0.2) is 9.59 Å². The molecule has 5 nitrogen and oxygen atoms in total. The first-order chi connectivity index (χ1) is 7.52. The van der Waals surface area contributed by atoms with Crippen LogP contribution in [-0.4, -0.2) is 52.6 Å². The van der Waals surface area contributed by atoms with Crippen molar-refractivity contribution in [2.24, 2.45) is 0 Å². The number of carboxylic acid groups (broad SMARTS) is 1. The number of carboxylic acids is 1. The second kappa shape index (κ2) is 5.79. The van der Waals surface area contributed by atoms with Crippen molar-refractivity contribution in [1.29, 1.82) is 0 Å². The molecule has 1 saturated heterocycles. The van der Waals surface area contributed by atoms with Crippen molar-refractivity contribution < 1.29 is 14.7 Å². The summed E-state index contributed by atoms with van der Waals surface area (Å²) >= 11 is 1.56. The molecule has 1 atom stereocenters. The second-order valence-corrected chi connectivity index (χ2v) is 4.89. The molecule has 2 amide bonds. The van der Waals surface area contributed by atoms with Crippen molar-refractivity contribution in [2.75, 3.05) is 24.6 Å². The van der Waals surface area contributed by atoms with Gasteiger partial charge in [0.15, 0.2) is 0 Å². The van der Waals surface area contributed by atoms with E-state index in [9.17, 15) is 9.59 Å². The number of hydrogen-bond donors (Lipinski definition) is 2. The van der Waals surface area contributed by atoms with Crippen molar-refractivity contribution in [3.63, 3.8) is 0 Å². The van der Waals surface area contributed by atoms with E-state index in [2.05, 4.69) is 11.9 Å². The van der Waals surface area contributed by atoms with E-state index >= 15 is 0 Å². The fourth-order valence-corrected chi connectivity index (χ4v) is 2.42. The molecular weight excluding hydrogens is 228 g/mol. The summed E-state index contributed by atoms with van der Waals surface area (Å²) in [4.78, 5) is 24.1. The lowest BCUT2D eigenvalue weighted by Crippen LogP contribution is -2.53. The number of rotatable bonds is 3. The van der Waals surface area contributed by atoms with Crippen molar-refractivity contribution in [3.8, 4) is 0 Å². The quantitative estimate of drug-likeness (QED) is 0.720. The first-order valence-corrected chi connectivity index (χ1v) is 6.17. The van der Waals surface area contributed by atoms with Crippen LogP contribution in [0.3, 0.4) is 0 Å². The lowest BCUT2D eigenvalue weighted by atomic mass is 10.3. The van der Waals surface area contributed by atoms with Crippen LogP contribution in [-0.2, 0) is 4.79 Å². The van der Waals surface area contributed by atoms with Crippen LogP contribution in [0, 0.1) is 0 Å². The minimum atomic E-state index is -0.947. The van der Waals surface area contributed by atoms with Crippen molar-refractivity contribution >= 4 is 23.8 Å². The van der Waals surface area contributed by atoms with Gasteiger partial charge in [-0.15, -0.1) is 0 Å². The van der Waals surface area contributed by atoms with Gasteiger partial charge < -0.3 is 15.3 Å². The third-order valence-electron chi connectivity index (χ3n) is 2.22. The summed E-state index contributed by atoms with van der Waals surface area (Å²) in [6.45, 7) is 6.34. The summed E-state index contributed by atoms with van der Waals surface area (Å²) in [6.07, 6.45) is 0. The Balaban J connectivity index is 2.57. The lowest BCUT2D eigenvalue weighted by Gasteiger charge is -2.32. The Hall–Kier alpha value is -1.17. The molecule has 0 saturated carbocycles. The Morgan fingerprint density at radius 1 is 1.62 bits per heavy atom. The molecule has 0 aliphatic carbocycles. The van der Waals surface area contributed by atoms with Crippen LogP contribution in [0.25, 0.3) is 0 Å². The normalized spacial score (nSPS) is 20.3. The average molecular weight is 244 g/mol. The van der Waals surface area contributed by atoms with Gasteiger partial charge in [0.25, 0.3) is 0 Å². The Kier molecular flexibility index (Phi) is 4.67. The van der Waals surface area contributed by atoms with Crippen LogP contribution < -0.4 is 5.32 Å².